The highest BCUT2D eigenvalue weighted by molar-refractivity contribution is 5.38. The van der Waals surface area contributed by atoms with Gasteiger partial charge in [-0.1, -0.05) is 0 Å². The molecule has 1 N–H and O–H groups in total. The Morgan fingerprint density at radius 3 is 2.54 bits per heavy atom. The van der Waals surface area contributed by atoms with E-state index in [1.54, 1.807) is 24.7 Å². The van der Waals surface area contributed by atoms with Gasteiger partial charge in [-0.3, -0.25) is 4.90 Å². The van der Waals surface area contributed by atoms with Gasteiger partial charge in [0.05, 0.1) is 5.56 Å². The third-order valence-corrected chi connectivity index (χ3v) is 4.06. The molecule has 1 aliphatic heterocycles. The minimum Gasteiger partial charge on any atom is -0.370 e. The van der Waals surface area contributed by atoms with Crippen molar-refractivity contribution in [2.45, 2.75) is 6.42 Å². The molecule has 0 radical (unpaired) electrons. The van der Waals surface area contributed by atoms with Crippen LogP contribution in [0.3, 0.4) is 0 Å². The van der Waals surface area contributed by atoms with E-state index < -0.39 is 0 Å². The molecule has 0 bridgehead atoms. The number of nitrogens with zero attached hydrogens (tertiary/aromatic N) is 6. The van der Waals surface area contributed by atoms with Gasteiger partial charge in [0.25, 0.3) is 0 Å². The van der Waals surface area contributed by atoms with Crippen molar-refractivity contribution < 1.29 is 0 Å². The largest absolute Gasteiger partial charge is 0.370 e. The molecule has 0 saturated carbocycles. The van der Waals surface area contributed by atoms with Gasteiger partial charge < -0.3 is 10.2 Å². The van der Waals surface area contributed by atoms with E-state index in [9.17, 15) is 0 Å². The molecule has 24 heavy (non-hydrogen) atoms. The van der Waals surface area contributed by atoms with Gasteiger partial charge in [0.15, 0.2) is 0 Å². The first-order chi connectivity index (χ1) is 11.8. The van der Waals surface area contributed by atoms with Crippen LogP contribution in [-0.4, -0.2) is 59.1 Å². The van der Waals surface area contributed by atoms with Crippen LogP contribution in [0.1, 0.15) is 12.0 Å². The molecule has 0 aliphatic carbocycles. The molecular formula is C17H21N7. The maximum absolute atomic E-state index is 8.75. The fraction of sp³-hybridized carbons (Fsp3) is 0.412. The average Bonchev–Trinajstić information content (AvgIpc) is 2.67. The Bertz CT molecular complexity index is 658. The molecule has 0 atom stereocenters. The summed E-state index contributed by atoms with van der Waals surface area (Å²) in [4.78, 5) is 17.5. The molecule has 2 aromatic heterocycles. The molecule has 3 rings (SSSR count). The number of anilines is 2. The van der Waals surface area contributed by atoms with Gasteiger partial charge in [0, 0.05) is 51.3 Å². The highest BCUT2D eigenvalue weighted by atomic mass is 15.3. The molecule has 7 nitrogen and oxygen atoms in total. The van der Waals surface area contributed by atoms with Crippen LogP contribution in [0.2, 0.25) is 0 Å². The summed E-state index contributed by atoms with van der Waals surface area (Å²) in [6, 6.07) is 7.54. The molecule has 1 fully saturated rings. The second-order valence-corrected chi connectivity index (χ2v) is 5.70. The number of nitriles is 1. The van der Waals surface area contributed by atoms with Crippen molar-refractivity contribution in [1.82, 2.24) is 19.9 Å². The minimum atomic E-state index is 0.584. The Kier molecular flexibility index (Phi) is 5.53. The Labute approximate surface area is 142 Å². The summed E-state index contributed by atoms with van der Waals surface area (Å²) in [6.45, 7) is 5.94. The Balaban J connectivity index is 1.34. The van der Waals surface area contributed by atoms with Crippen LogP contribution in [0.15, 0.2) is 36.8 Å². The van der Waals surface area contributed by atoms with Crippen molar-refractivity contribution in [2.75, 3.05) is 49.5 Å². The second-order valence-electron chi connectivity index (χ2n) is 5.70. The third kappa shape index (κ3) is 4.40. The minimum absolute atomic E-state index is 0.584. The highest BCUT2D eigenvalue weighted by Gasteiger charge is 2.17. The number of hydrogen-bond acceptors (Lipinski definition) is 7. The van der Waals surface area contributed by atoms with Gasteiger partial charge >= 0.3 is 0 Å². The normalized spacial score (nSPS) is 15.0. The van der Waals surface area contributed by atoms with Crippen LogP contribution in [0.25, 0.3) is 0 Å². The summed E-state index contributed by atoms with van der Waals surface area (Å²) in [5.41, 5.74) is 0.584. The Morgan fingerprint density at radius 1 is 1.08 bits per heavy atom. The van der Waals surface area contributed by atoms with Crippen LogP contribution >= 0.6 is 0 Å². The number of rotatable bonds is 6. The molecule has 124 valence electrons. The SMILES string of the molecule is N#Cc1ccc(NCCCN2CCN(c3ncccn3)CC2)nc1. The molecule has 3 heterocycles. The van der Waals surface area contributed by atoms with E-state index in [-0.39, 0.29) is 0 Å². The van der Waals surface area contributed by atoms with E-state index in [4.69, 9.17) is 5.26 Å². The first kappa shape index (κ1) is 16.1. The topological polar surface area (TPSA) is 81.0 Å². The molecule has 1 aliphatic rings. The number of pyridine rings is 1. The summed E-state index contributed by atoms with van der Waals surface area (Å²) >= 11 is 0. The van der Waals surface area contributed by atoms with Crippen molar-refractivity contribution in [3.8, 4) is 6.07 Å². The summed E-state index contributed by atoms with van der Waals surface area (Å²) in [5.74, 6) is 1.64. The molecule has 0 aromatic carbocycles. The number of nitrogens with one attached hydrogen (secondary N) is 1. The fourth-order valence-corrected chi connectivity index (χ4v) is 2.71. The van der Waals surface area contributed by atoms with Crippen molar-refractivity contribution in [3.63, 3.8) is 0 Å². The first-order valence-corrected chi connectivity index (χ1v) is 8.19. The van der Waals surface area contributed by atoms with Crippen LogP contribution in [0.4, 0.5) is 11.8 Å². The monoisotopic (exact) mass is 323 g/mol. The van der Waals surface area contributed by atoms with Gasteiger partial charge in [0.1, 0.15) is 11.9 Å². The lowest BCUT2D eigenvalue weighted by Crippen LogP contribution is -2.47. The highest BCUT2D eigenvalue weighted by Crippen LogP contribution is 2.10. The summed E-state index contributed by atoms with van der Waals surface area (Å²) in [7, 11) is 0. The predicted octanol–water partition coefficient (Wildman–Crippen LogP) is 1.37. The van der Waals surface area contributed by atoms with Crippen LogP contribution < -0.4 is 10.2 Å². The molecule has 0 amide bonds. The lowest BCUT2D eigenvalue weighted by Gasteiger charge is -2.34. The molecule has 7 heteroatoms. The van der Waals surface area contributed by atoms with Crippen molar-refractivity contribution in [1.29, 1.82) is 5.26 Å². The zero-order valence-corrected chi connectivity index (χ0v) is 13.6. The molecule has 1 saturated heterocycles. The Morgan fingerprint density at radius 2 is 1.88 bits per heavy atom. The molecule has 2 aromatic rings. The van der Waals surface area contributed by atoms with Crippen LogP contribution in [0.5, 0.6) is 0 Å². The predicted molar refractivity (Wildman–Crippen MR) is 92.7 cm³/mol. The number of hydrogen-bond donors (Lipinski definition) is 1. The van der Waals surface area contributed by atoms with Gasteiger partial charge in [-0.05, 0) is 31.2 Å². The van der Waals surface area contributed by atoms with Gasteiger partial charge in [0.2, 0.25) is 5.95 Å². The van der Waals surface area contributed by atoms with Crippen LogP contribution in [0, 0.1) is 11.3 Å². The van der Waals surface area contributed by atoms with E-state index in [0.29, 0.717) is 5.56 Å². The molecular weight excluding hydrogens is 302 g/mol. The summed E-state index contributed by atoms with van der Waals surface area (Å²) in [6.07, 6.45) is 6.23. The van der Waals surface area contributed by atoms with E-state index in [2.05, 4.69) is 36.1 Å². The van der Waals surface area contributed by atoms with Crippen molar-refractivity contribution in [2.24, 2.45) is 0 Å². The molecule has 0 unspecified atom stereocenters. The second kappa shape index (κ2) is 8.22. The maximum Gasteiger partial charge on any atom is 0.225 e. The van der Waals surface area contributed by atoms with Crippen molar-refractivity contribution >= 4 is 11.8 Å². The van der Waals surface area contributed by atoms with E-state index in [0.717, 1.165) is 57.5 Å². The molecule has 0 spiro atoms. The van der Waals surface area contributed by atoms with E-state index in [1.807, 2.05) is 12.1 Å². The quantitative estimate of drug-likeness (QED) is 0.804. The third-order valence-electron chi connectivity index (χ3n) is 4.06. The van der Waals surface area contributed by atoms with Crippen molar-refractivity contribution in [3.05, 3.63) is 42.4 Å². The zero-order valence-electron chi connectivity index (χ0n) is 13.6. The van der Waals surface area contributed by atoms with E-state index >= 15 is 0 Å². The average molecular weight is 323 g/mol. The van der Waals surface area contributed by atoms with Crippen LogP contribution in [-0.2, 0) is 0 Å². The van der Waals surface area contributed by atoms with E-state index in [1.165, 1.54) is 0 Å². The lowest BCUT2D eigenvalue weighted by atomic mass is 10.3. The number of aromatic nitrogens is 3. The smallest absolute Gasteiger partial charge is 0.225 e. The fourth-order valence-electron chi connectivity index (χ4n) is 2.71. The zero-order chi connectivity index (χ0) is 16.6. The van der Waals surface area contributed by atoms with Gasteiger partial charge in [-0.15, -0.1) is 0 Å². The Hall–Kier alpha value is -2.72. The lowest BCUT2D eigenvalue weighted by molar-refractivity contribution is 0.256. The maximum atomic E-state index is 8.75. The first-order valence-electron chi connectivity index (χ1n) is 8.19. The van der Waals surface area contributed by atoms with Gasteiger partial charge in [-0.25, -0.2) is 15.0 Å². The number of piperazine rings is 1. The summed E-state index contributed by atoms with van der Waals surface area (Å²) in [5, 5.41) is 12.0. The van der Waals surface area contributed by atoms with Gasteiger partial charge in [-0.2, -0.15) is 5.26 Å². The summed E-state index contributed by atoms with van der Waals surface area (Å²) < 4.78 is 0. The standard InChI is InChI=1S/C17H21N7/c18-13-15-3-4-16(22-14-15)19-7-2-8-23-9-11-24(12-10-23)17-20-5-1-6-21-17/h1,3-6,14H,2,7-12H2,(H,19,22).